The van der Waals surface area contributed by atoms with Gasteiger partial charge in [0.15, 0.2) is 11.2 Å². The van der Waals surface area contributed by atoms with Gasteiger partial charge in [-0.2, -0.15) is 0 Å². The second-order valence-electron chi connectivity index (χ2n) is 9.44. The highest BCUT2D eigenvalue weighted by Gasteiger charge is 2.22. The summed E-state index contributed by atoms with van der Waals surface area (Å²) in [6, 6.07) is 10.2. The first-order chi connectivity index (χ1) is 18.8. The molecule has 3 heterocycles. The van der Waals surface area contributed by atoms with E-state index in [0.717, 1.165) is 10.4 Å². The average molecular weight is 555 g/mol. The first-order valence-electron chi connectivity index (χ1n) is 13.2. The fourth-order valence-corrected chi connectivity index (χ4v) is 5.23. The van der Waals surface area contributed by atoms with Crippen LogP contribution in [0, 0.1) is 10.1 Å². The molecule has 0 amide bonds. The molecule has 0 saturated heterocycles. The second-order valence-corrected chi connectivity index (χ2v) is 10.5. The predicted molar refractivity (Wildman–Crippen MR) is 152 cm³/mol. The van der Waals surface area contributed by atoms with E-state index in [4.69, 9.17) is 4.98 Å². The number of non-ortho nitro benzene ring substituents is 1. The maximum atomic E-state index is 13.7. The first-order valence-corrected chi connectivity index (χ1v) is 14.1. The number of nitro groups is 1. The van der Waals surface area contributed by atoms with Crippen LogP contribution in [0.1, 0.15) is 43.0 Å². The van der Waals surface area contributed by atoms with Gasteiger partial charge in [-0.05, 0) is 36.3 Å². The standard InChI is InChI=1S/C27H34N6O5S/c1-3-13-32-26(35)24-25(31(27(32)36)14-11-19-7-9-20(10-8-19)33(37)38)29-23(17-22-6-5-16-39-22)30(24)15-12-28-18-21(34)4-2/h5-10,16,21,28,34H,3-4,11-15,17-18H2,1-2H3. The molecule has 4 aromatic rings. The summed E-state index contributed by atoms with van der Waals surface area (Å²) in [7, 11) is 0. The SMILES string of the molecule is CCCn1c(=O)c2c(nc(Cc3cccs3)n2CCNCC(O)CC)n(CCc2ccc([N+](=O)[O-])cc2)c1=O. The number of aliphatic hydroxyl groups excluding tert-OH is 1. The molecule has 4 rings (SSSR count). The lowest BCUT2D eigenvalue weighted by atomic mass is 10.1. The molecule has 3 aromatic heterocycles. The molecule has 1 atom stereocenters. The minimum absolute atomic E-state index is 0.00632. The number of aryl methyl sites for hydroxylation is 2. The topological polar surface area (TPSA) is 137 Å². The number of aliphatic hydroxyl groups is 1. The van der Waals surface area contributed by atoms with E-state index in [2.05, 4.69) is 5.32 Å². The molecule has 0 spiro atoms. The fourth-order valence-electron chi connectivity index (χ4n) is 4.53. The van der Waals surface area contributed by atoms with Gasteiger partial charge in [0.2, 0.25) is 0 Å². The fraction of sp³-hybridized carbons (Fsp3) is 0.444. The van der Waals surface area contributed by atoms with Gasteiger partial charge in [-0.3, -0.25) is 24.0 Å². The van der Waals surface area contributed by atoms with E-state index in [1.807, 2.05) is 35.9 Å². The largest absolute Gasteiger partial charge is 0.392 e. The third-order valence-electron chi connectivity index (χ3n) is 6.69. The molecular weight excluding hydrogens is 520 g/mol. The van der Waals surface area contributed by atoms with Gasteiger partial charge in [0.25, 0.3) is 11.2 Å². The number of nitrogens with one attached hydrogen (secondary N) is 1. The number of aromatic nitrogens is 4. The molecule has 208 valence electrons. The number of nitro benzene ring substituents is 1. The normalized spacial score (nSPS) is 12.3. The quantitative estimate of drug-likeness (QED) is 0.139. The highest BCUT2D eigenvalue weighted by Crippen LogP contribution is 2.19. The Bertz CT molecular complexity index is 1520. The van der Waals surface area contributed by atoms with E-state index < -0.39 is 16.7 Å². The van der Waals surface area contributed by atoms with E-state index in [1.165, 1.54) is 16.7 Å². The van der Waals surface area contributed by atoms with Gasteiger partial charge in [-0.25, -0.2) is 9.78 Å². The number of benzene rings is 1. The van der Waals surface area contributed by atoms with Crippen LogP contribution in [0.2, 0.25) is 0 Å². The molecular formula is C27H34N6O5S. The van der Waals surface area contributed by atoms with Gasteiger partial charge < -0.3 is 15.0 Å². The second kappa shape index (κ2) is 13.0. The Morgan fingerprint density at radius 3 is 2.49 bits per heavy atom. The van der Waals surface area contributed by atoms with Crippen LogP contribution in [0.5, 0.6) is 0 Å². The summed E-state index contributed by atoms with van der Waals surface area (Å²) in [5.41, 5.74) is 0.808. The van der Waals surface area contributed by atoms with Crippen LogP contribution >= 0.6 is 11.3 Å². The summed E-state index contributed by atoms with van der Waals surface area (Å²) >= 11 is 1.60. The van der Waals surface area contributed by atoms with Gasteiger partial charge in [-0.1, -0.05) is 32.0 Å². The lowest BCUT2D eigenvalue weighted by molar-refractivity contribution is -0.384. The van der Waals surface area contributed by atoms with Gasteiger partial charge in [-0.15, -0.1) is 11.3 Å². The lowest BCUT2D eigenvalue weighted by Gasteiger charge is -2.14. The van der Waals surface area contributed by atoms with E-state index in [9.17, 15) is 24.8 Å². The number of thiophene rings is 1. The van der Waals surface area contributed by atoms with E-state index in [0.29, 0.717) is 62.3 Å². The monoisotopic (exact) mass is 554 g/mol. The molecule has 11 nitrogen and oxygen atoms in total. The van der Waals surface area contributed by atoms with Gasteiger partial charge in [0.05, 0.1) is 11.0 Å². The molecule has 0 aliphatic rings. The number of imidazole rings is 1. The van der Waals surface area contributed by atoms with Crippen molar-refractivity contribution in [3.05, 3.63) is 89.0 Å². The summed E-state index contributed by atoms with van der Waals surface area (Å²) in [5.74, 6) is 0.695. The Hall–Kier alpha value is -3.61. The molecule has 0 radical (unpaired) electrons. The van der Waals surface area contributed by atoms with Crippen molar-refractivity contribution in [2.45, 2.75) is 65.3 Å². The van der Waals surface area contributed by atoms with Crippen LogP contribution in [0.3, 0.4) is 0 Å². The zero-order valence-electron chi connectivity index (χ0n) is 22.2. The molecule has 1 unspecified atom stereocenters. The van der Waals surface area contributed by atoms with Crippen LogP contribution in [0.15, 0.2) is 51.4 Å². The van der Waals surface area contributed by atoms with Crippen molar-refractivity contribution in [3.8, 4) is 0 Å². The Morgan fingerprint density at radius 1 is 1.08 bits per heavy atom. The predicted octanol–water partition coefficient (Wildman–Crippen LogP) is 2.93. The van der Waals surface area contributed by atoms with Gasteiger partial charge in [0, 0.05) is 56.2 Å². The Morgan fingerprint density at radius 2 is 1.85 bits per heavy atom. The van der Waals surface area contributed by atoms with Crippen molar-refractivity contribution in [1.29, 1.82) is 0 Å². The highest BCUT2D eigenvalue weighted by molar-refractivity contribution is 7.09. The van der Waals surface area contributed by atoms with Crippen LogP contribution in [-0.2, 0) is 32.5 Å². The summed E-state index contributed by atoms with van der Waals surface area (Å²) in [6.45, 7) is 5.82. The van der Waals surface area contributed by atoms with E-state index in [1.54, 1.807) is 28.0 Å². The molecule has 2 N–H and O–H groups in total. The first kappa shape index (κ1) is 28.4. The maximum Gasteiger partial charge on any atom is 0.332 e. The number of hydrogen-bond acceptors (Lipinski definition) is 8. The highest BCUT2D eigenvalue weighted by atomic mass is 32.1. The molecule has 39 heavy (non-hydrogen) atoms. The summed E-state index contributed by atoms with van der Waals surface area (Å²) in [5, 5.41) is 26.2. The molecule has 0 bridgehead atoms. The zero-order valence-corrected chi connectivity index (χ0v) is 23.0. The van der Waals surface area contributed by atoms with Gasteiger partial charge >= 0.3 is 5.69 Å². The third kappa shape index (κ3) is 6.52. The minimum atomic E-state index is -0.446. The van der Waals surface area contributed by atoms with Crippen LogP contribution < -0.4 is 16.6 Å². The smallest absolute Gasteiger partial charge is 0.332 e. The molecule has 0 aliphatic carbocycles. The molecule has 0 saturated carbocycles. The van der Waals surface area contributed by atoms with E-state index >= 15 is 0 Å². The van der Waals surface area contributed by atoms with Gasteiger partial charge in [0.1, 0.15) is 5.82 Å². The number of hydrogen-bond donors (Lipinski definition) is 2. The maximum absolute atomic E-state index is 13.7. The molecule has 0 aliphatic heterocycles. The van der Waals surface area contributed by atoms with Crippen molar-refractivity contribution in [1.82, 2.24) is 24.0 Å². The molecule has 12 heteroatoms. The lowest BCUT2D eigenvalue weighted by Crippen LogP contribution is -2.41. The van der Waals surface area contributed by atoms with Crippen molar-refractivity contribution < 1.29 is 10.0 Å². The van der Waals surface area contributed by atoms with E-state index in [-0.39, 0.29) is 24.3 Å². The van der Waals surface area contributed by atoms with Crippen molar-refractivity contribution >= 4 is 28.2 Å². The number of nitrogens with zero attached hydrogens (tertiary/aromatic N) is 5. The number of fused-ring (bicyclic) bond motifs is 1. The summed E-state index contributed by atoms with van der Waals surface area (Å²) in [6.07, 6.45) is 1.79. The number of rotatable bonds is 14. The minimum Gasteiger partial charge on any atom is -0.392 e. The zero-order chi connectivity index (χ0) is 27.9. The summed E-state index contributed by atoms with van der Waals surface area (Å²) in [4.78, 5) is 43.7. The molecule has 1 aromatic carbocycles. The van der Waals surface area contributed by atoms with Crippen molar-refractivity contribution in [2.24, 2.45) is 0 Å². The molecule has 0 fully saturated rings. The average Bonchev–Trinajstić information content (AvgIpc) is 3.57. The van der Waals surface area contributed by atoms with Crippen LogP contribution in [0.25, 0.3) is 11.2 Å². The van der Waals surface area contributed by atoms with Crippen LogP contribution in [-0.4, -0.2) is 47.9 Å². The van der Waals surface area contributed by atoms with Crippen LogP contribution in [0.4, 0.5) is 5.69 Å². The Kier molecular flexibility index (Phi) is 9.44. The summed E-state index contributed by atoms with van der Waals surface area (Å²) < 4.78 is 4.73. The third-order valence-corrected chi connectivity index (χ3v) is 7.56. The Labute approximate surface area is 229 Å². The van der Waals surface area contributed by atoms with Crippen molar-refractivity contribution in [2.75, 3.05) is 13.1 Å². The Balaban J connectivity index is 1.76. The van der Waals surface area contributed by atoms with Crippen molar-refractivity contribution in [3.63, 3.8) is 0 Å².